The molecule has 0 bridgehead atoms. The van der Waals surface area contributed by atoms with Gasteiger partial charge in [-0.15, -0.1) is 0 Å². The van der Waals surface area contributed by atoms with Crippen molar-refractivity contribution in [2.75, 3.05) is 25.0 Å². The van der Waals surface area contributed by atoms with Crippen molar-refractivity contribution < 1.29 is 13.2 Å². The molecule has 0 aliphatic carbocycles. The first-order valence-electron chi connectivity index (χ1n) is 7.16. The van der Waals surface area contributed by atoms with Gasteiger partial charge >= 0.3 is 6.18 Å². The van der Waals surface area contributed by atoms with Crippen LogP contribution in [0.1, 0.15) is 11.1 Å². The average Bonchev–Trinajstić information content (AvgIpc) is 2.64. The molecule has 0 N–H and O–H groups in total. The lowest BCUT2D eigenvalue weighted by molar-refractivity contribution is -0.137. The minimum absolute atomic E-state index is 0.516. The van der Waals surface area contributed by atoms with Crippen LogP contribution in [0.3, 0.4) is 0 Å². The van der Waals surface area contributed by atoms with Gasteiger partial charge in [0.25, 0.3) is 0 Å². The van der Waals surface area contributed by atoms with Gasteiger partial charge in [0, 0.05) is 31.0 Å². The van der Waals surface area contributed by atoms with Gasteiger partial charge in [0.2, 0.25) is 0 Å². The lowest BCUT2D eigenvalue weighted by Crippen LogP contribution is -2.26. The van der Waals surface area contributed by atoms with Crippen molar-refractivity contribution in [2.45, 2.75) is 12.7 Å². The molecular weight excluding hydrogens is 289 g/mol. The summed E-state index contributed by atoms with van der Waals surface area (Å²) < 4.78 is 38.8. The fourth-order valence-electron chi connectivity index (χ4n) is 2.79. The number of hydrogen-bond donors (Lipinski definition) is 0. The molecule has 0 amide bonds. The van der Waals surface area contributed by atoms with Crippen LogP contribution in [-0.2, 0) is 12.7 Å². The predicted octanol–water partition coefficient (Wildman–Crippen LogP) is 4.29. The topological polar surface area (TPSA) is 6.48 Å². The lowest BCUT2D eigenvalue weighted by Gasteiger charge is -2.25. The van der Waals surface area contributed by atoms with Gasteiger partial charge in [-0.2, -0.15) is 13.2 Å². The summed E-state index contributed by atoms with van der Waals surface area (Å²) in [6, 6.07) is 13.8. The molecular formula is C17H17F3N2. The van der Waals surface area contributed by atoms with E-state index in [-0.39, 0.29) is 0 Å². The highest BCUT2D eigenvalue weighted by molar-refractivity contribution is 5.67. The number of anilines is 2. The van der Waals surface area contributed by atoms with Gasteiger partial charge in [0.1, 0.15) is 0 Å². The van der Waals surface area contributed by atoms with Crippen molar-refractivity contribution in [1.82, 2.24) is 4.90 Å². The molecule has 0 saturated carbocycles. The van der Waals surface area contributed by atoms with Gasteiger partial charge < -0.3 is 9.80 Å². The van der Waals surface area contributed by atoms with Crippen LogP contribution in [0.2, 0.25) is 0 Å². The molecule has 1 aliphatic rings. The number of para-hydroxylation sites is 1. The van der Waals surface area contributed by atoms with E-state index in [1.807, 2.05) is 42.3 Å². The van der Waals surface area contributed by atoms with Gasteiger partial charge in [0.05, 0.1) is 5.56 Å². The fourth-order valence-corrected chi connectivity index (χ4v) is 2.79. The average molecular weight is 306 g/mol. The first-order chi connectivity index (χ1) is 10.4. The Balaban J connectivity index is 2.07. The van der Waals surface area contributed by atoms with Crippen LogP contribution in [0.15, 0.2) is 48.5 Å². The molecule has 0 saturated heterocycles. The number of alkyl halides is 3. The Kier molecular flexibility index (Phi) is 3.83. The maximum atomic E-state index is 12.9. The van der Waals surface area contributed by atoms with Crippen molar-refractivity contribution in [1.29, 1.82) is 0 Å². The largest absolute Gasteiger partial charge is 0.416 e. The molecule has 22 heavy (non-hydrogen) atoms. The van der Waals surface area contributed by atoms with Gasteiger partial charge in [-0.25, -0.2) is 0 Å². The molecule has 0 fully saturated rings. The van der Waals surface area contributed by atoms with E-state index in [4.69, 9.17) is 0 Å². The van der Waals surface area contributed by atoms with E-state index in [1.54, 1.807) is 6.07 Å². The second-order valence-corrected chi connectivity index (χ2v) is 5.57. The number of rotatable bonds is 1. The highest BCUT2D eigenvalue weighted by atomic mass is 19.4. The van der Waals surface area contributed by atoms with Crippen molar-refractivity contribution in [3.8, 4) is 0 Å². The molecule has 2 aromatic carbocycles. The summed E-state index contributed by atoms with van der Waals surface area (Å²) >= 11 is 0. The van der Waals surface area contributed by atoms with Gasteiger partial charge in [-0.05, 0) is 42.9 Å². The highest BCUT2D eigenvalue weighted by Crippen LogP contribution is 2.36. The van der Waals surface area contributed by atoms with Crippen LogP contribution in [0, 0.1) is 0 Å². The maximum absolute atomic E-state index is 12.9. The maximum Gasteiger partial charge on any atom is 0.416 e. The molecule has 0 radical (unpaired) electrons. The first kappa shape index (κ1) is 14.9. The summed E-state index contributed by atoms with van der Waals surface area (Å²) in [6.07, 6.45) is -4.31. The van der Waals surface area contributed by atoms with Crippen LogP contribution in [-0.4, -0.2) is 25.0 Å². The lowest BCUT2D eigenvalue weighted by atomic mass is 10.1. The first-order valence-corrected chi connectivity index (χ1v) is 7.16. The summed E-state index contributed by atoms with van der Waals surface area (Å²) in [7, 11) is 1.93. The second-order valence-electron chi connectivity index (χ2n) is 5.57. The number of fused-ring (bicyclic) bond motifs is 1. The van der Waals surface area contributed by atoms with Crippen molar-refractivity contribution in [3.05, 3.63) is 59.7 Å². The van der Waals surface area contributed by atoms with Crippen molar-refractivity contribution in [3.63, 3.8) is 0 Å². The Bertz CT molecular complexity index is 653. The monoisotopic (exact) mass is 306 g/mol. The molecule has 1 heterocycles. The Hall–Kier alpha value is -2.01. The zero-order valence-corrected chi connectivity index (χ0v) is 12.3. The van der Waals surface area contributed by atoms with E-state index in [0.29, 0.717) is 12.1 Å². The van der Waals surface area contributed by atoms with E-state index in [9.17, 15) is 13.2 Å². The molecule has 1 aliphatic heterocycles. The standard InChI is InChI=1S/C17H17F3N2/c1-21-9-10-22(15-5-3-2-4-6-15)16-8-7-14(17(18,19)20)11-13(16)12-21/h2-8,11H,9-10,12H2,1H3. The van der Waals surface area contributed by atoms with Crippen LogP contribution in [0.5, 0.6) is 0 Å². The Morgan fingerprint density at radius 1 is 0.955 bits per heavy atom. The fraction of sp³-hybridized carbons (Fsp3) is 0.294. The van der Waals surface area contributed by atoms with Crippen molar-refractivity contribution in [2.24, 2.45) is 0 Å². The minimum atomic E-state index is -4.31. The highest BCUT2D eigenvalue weighted by Gasteiger charge is 2.32. The van der Waals surface area contributed by atoms with Crippen LogP contribution < -0.4 is 4.90 Å². The molecule has 0 spiro atoms. The summed E-state index contributed by atoms with van der Waals surface area (Å²) in [5, 5.41) is 0. The Labute approximate surface area is 127 Å². The third kappa shape index (κ3) is 2.95. The molecule has 0 aromatic heterocycles. The Morgan fingerprint density at radius 2 is 1.68 bits per heavy atom. The molecule has 5 heteroatoms. The van der Waals surface area contributed by atoms with E-state index < -0.39 is 11.7 Å². The SMILES string of the molecule is CN1CCN(c2ccccc2)c2ccc(C(F)(F)F)cc2C1. The zero-order valence-electron chi connectivity index (χ0n) is 12.3. The van der Waals surface area contributed by atoms with Gasteiger partial charge in [0.15, 0.2) is 0 Å². The third-order valence-corrected chi connectivity index (χ3v) is 3.91. The number of benzene rings is 2. The van der Waals surface area contributed by atoms with E-state index in [2.05, 4.69) is 4.90 Å². The molecule has 116 valence electrons. The number of halogens is 3. The normalized spacial score (nSPS) is 16.3. The van der Waals surface area contributed by atoms with E-state index >= 15 is 0 Å². The predicted molar refractivity (Wildman–Crippen MR) is 81.2 cm³/mol. The van der Waals surface area contributed by atoms with Crippen LogP contribution in [0.25, 0.3) is 0 Å². The minimum Gasteiger partial charge on any atom is -0.340 e. The molecule has 2 nitrogen and oxygen atoms in total. The summed E-state index contributed by atoms with van der Waals surface area (Å²) in [5.41, 5.74) is 1.97. The summed E-state index contributed by atoms with van der Waals surface area (Å²) in [4.78, 5) is 4.13. The molecule has 3 rings (SSSR count). The Morgan fingerprint density at radius 3 is 2.36 bits per heavy atom. The van der Waals surface area contributed by atoms with Gasteiger partial charge in [-0.3, -0.25) is 0 Å². The van der Waals surface area contributed by atoms with Crippen LogP contribution in [0.4, 0.5) is 24.5 Å². The molecule has 0 unspecified atom stereocenters. The number of nitrogens with zero attached hydrogens (tertiary/aromatic N) is 2. The smallest absolute Gasteiger partial charge is 0.340 e. The molecule has 0 atom stereocenters. The van der Waals surface area contributed by atoms with Crippen LogP contribution >= 0.6 is 0 Å². The summed E-state index contributed by atoms with van der Waals surface area (Å²) in [6.45, 7) is 2.06. The number of hydrogen-bond acceptors (Lipinski definition) is 2. The van der Waals surface area contributed by atoms with E-state index in [1.165, 1.54) is 12.1 Å². The zero-order chi connectivity index (χ0) is 15.7. The van der Waals surface area contributed by atoms with E-state index in [0.717, 1.165) is 24.5 Å². The molecule has 2 aromatic rings. The second kappa shape index (κ2) is 5.65. The van der Waals surface area contributed by atoms with Gasteiger partial charge in [-0.1, -0.05) is 18.2 Å². The van der Waals surface area contributed by atoms with Crippen molar-refractivity contribution >= 4 is 11.4 Å². The number of likely N-dealkylation sites (N-methyl/N-ethyl adjacent to an activating group) is 1. The quantitative estimate of drug-likeness (QED) is 0.775. The third-order valence-electron chi connectivity index (χ3n) is 3.91. The summed E-state index contributed by atoms with van der Waals surface area (Å²) in [5.74, 6) is 0.